The summed E-state index contributed by atoms with van der Waals surface area (Å²) in [5, 5.41) is 9.41. The Bertz CT molecular complexity index is 523. The maximum Gasteiger partial charge on any atom is 0.348 e. The number of rotatable bonds is 4. The average molecular weight is 270 g/mol. The first-order valence-corrected chi connectivity index (χ1v) is 7.21. The lowest BCUT2D eigenvalue weighted by molar-refractivity contribution is -0.503. The molecule has 1 saturated heterocycles. The van der Waals surface area contributed by atoms with Crippen molar-refractivity contribution in [3.63, 3.8) is 0 Å². The Morgan fingerprint density at radius 1 is 1.17 bits per heavy atom. The van der Waals surface area contributed by atoms with Gasteiger partial charge in [0.15, 0.2) is 0 Å². The molecule has 0 aromatic heterocycles. The van der Waals surface area contributed by atoms with Gasteiger partial charge in [-0.3, -0.25) is 10.1 Å². The van der Waals surface area contributed by atoms with Crippen molar-refractivity contribution in [1.29, 1.82) is 0 Å². The van der Waals surface area contributed by atoms with Crippen molar-refractivity contribution in [3.05, 3.63) is 46.0 Å². The SMILES string of the molecule is O=[N+]([O-])C(c1ccccc1)S(=O)(=O)N1CCCC1. The van der Waals surface area contributed by atoms with Crippen LogP contribution in [0.15, 0.2) is 30.3 Å². The van der Waals surface area contributed by atoms with Crippen LogP contribution in [0.1, 0.15) is 23.8 Å². The first-order chi connectivity index (χ1) is 8.53. The van der Waals surface area contributed by atoms with Crippen LogP contribution in [0.5, 0.6) is 0 Å². The van der Waals surface area contributed by atoms with E-state index >= 15 is 0 Å². The lowest BCUT2D eigenvalue weighted by Crippen LogP contribution is -2.35. The van der Waals surface area contributed by atoms with Crippen molar-refractivity contribution < 1.29 is 13.3 Å². The number of hydrogen-bond donors (Lipinski definition) is 0. The molecule has 7 heteroatoms. The molecule has 0 spiro atoms. The van der Waals surface area contributed by atoms with Crippen LogP contribution in [-0.2, 0) is 10.0 Å². The number of nitro groups is 1. The highest BCUT2D eigenvalue weighted by atomic mass is 32.2. The fraction of sp³-hybridized carbons (Fsp3) is 0.455. The zero-order chi connectivity index (χ0) is 13.2. The van der Waals surface area contributed by atoms with Crippen LogP contribution in [0, 0.1) is 10.1 Å². The van der Waals surface area contributed by atoms with Crippen molar-refractivity contribution >= 4 is 10.0 Å². The molecule has 1 aliphatic rings. The molecule has 6 nitrogen and oxygen atoms in total. The van der Waals surface area contributed by atoms with Gasteiger partial charge < -0.3 is 0 Å². The third kappa shape index (κ3) is 2.37. The second kappa shape index (κ2) is 5.03. The fourth-order valence-corrected chi connectivity index (χ4v) is 3.87. The molecule has 1 aliphatic heterocycles. The quantitative estimate of drug-likeness (QED) is 0.611. The van der Waals surface area contributed by atoms with E-state index in [2.05, 4.69) is 0 Å². The van der Waals surface area contributed by atoms with Gasteiger partial charge in [-0.15, -0.1) is 0 Å². The highest BCUT2D eigenvalue weighted by Crippen LogP contribution is 2.28. The third-order valence-electron chi connectivity index (χ3n) is 2.98. The van der Waals surface area contributed by atoms with Crippen LogP contribution in [0.2, 0.25) is 0 Å². The Kier molecular flexibility index (Phi) is 3.63. The molecule has 0 radical (unpaired) electrons. The van der Waals surface area contributed by atoms with E-state index < -0.39 is 20.3 Å². The lowest BCUT2D eigenvalue weighted by Gasteiger charge is -2.18. The van der Waals surface area contributed by atoms with E-state index in [1.54, 1.807) is 18.2 Å². The predicted molar refractivity (Wildman–Crippen MR) is 65.9 cm³/mol. The highest BCUT2D eigenvalue weighted by Gasteiger charge is 2.43. The minimum Gasteiger partial charge on any atom is -0.263 e. The highest BCUT2D eigenvalue weighted by molar-refractivity contribution is 7.89. The second-order valence-electron chi connectivity index (χ2n) is 4.20. The number of hydrogen-bond acceptors (Lipinski definition) is 4. The molecule has 18 heavy (non-hydrogen) atoms. The van der Waals surface area contributed by atoms with E-state index in [1.807, 2.05) is 0 Å². The van der Waals surface area contributed by atoms with Crippen LogP contribution in [0.4, 0.5) is 0 Å². The largest absolute Gasteiger partial charge is 0.348 e. The standard InChI is InChI=1S/C11H14N2O4S/c14-13(15)11(10-6-2-1-3-7-10)18(16,17)12-8-4-5-9-12/h1-3,6-7,11H,4-5,8-9H2. The Morgan fingerprint density at radius 2 is 1.72 bits per heavy atom. The van der Waals surface area contributed by atoms with Gasteiger partial charge in [0.2, 0.25) is 0 Å². The van der Waals surface area contributed by atoms with E-state index in [-0.39, 0.29) is 5.56 Å². The molecular formula is C11H14N2O4S. The van der Waals surface area contributed by atoms with Gasteiger partial charge in [-0.1, -0.05) is 30.3 Å². The molecule has 0 amide bonds. The maximum absolute atomic E-state index is 12.3. The Morgan fingerprint density at radius 3 is 2.22 bits per heavy atom. The molecule has 98 valence electrons. The van der Waals surface area contributed by atoms with Crippen molar-refractivity contribution in [1.82, 2.24) is 4.31 Å². The maximum atomic E-state index is 12.3. The van der Waals surface area contributed by atoms with Crippen molar-refractivity contribution in [2.24, 2.45) is 0 Å². The number of sulfonamides is 1. The summed E-state index contributed by atoms with van der Waals surface area (Å²) in [6, 6.07) is 7.85. The number of nitrogens with zero attached hydrogens (tertiary/aromatic N) is 2. The molecule has 1 aromatic rings. The molecular weight excluding hydrogens is 256 g/mol. The van der Waals surface area contributed by atoms with Gasteiger partial charge in [0.05, 0.1) is 0 Å². The molecule has 1 heterocycles. The summed E-state index contributed by atoms with van der Waals surface area (Å²) >= 11 is 0. The minimum atomic E-state index is -3.92. The summed E-state index contributed by atoms with van der Waals surface area (Å²) in [5.41, 5.74) is 0.203. The molecule has 1 unspecified atom stereocenters. The average Bonchev–Trinajstić information content (AvgIpc) is 2.83. The first kappa shape index (κ1) is 13.0. The van der Waals surface area contributed by atoms with E-state index in [9.17, 15) is 18.5 Å². The predicted octanol–water partition coefficient (Wildman–Crippen LogP) is 1.39. The summed E-state index contributed by atoms with van der Waals surface area (Å²) in [7, 11) is -3.92. The van der Waals surface area contributed by atoms with Gasteiger partial charge in [-0.25, -0.2) is 8.42 Å². The van der Waals surface area contributed by atoms with Crippen molar-refractivity contribution in [2.45, 2.75) is 18.2 Å². The number of benzene rings is 1. The zero-order valence-corrected chi connectivity index (χ0v) is 10.5. The summed E-state index contributed by atoms with van der Waals surface area (Å²) in [5.74, 6) is 0. The summed E-state index contributed by atoms with van der Waals surface area (Å²) in [4.78, 5) is 10.4. The van der Waals surface area contributed by atoms with E-state index in [0.29, 0.717) is 13.1 Å². The van der Waals surface area contributed by atoms with Crippen LogP contribution in [0.25, 0.3) is 0 Å². The molecule has 1 fully saturated rings. The van der Waals surface area contributed by atoms with Gasteiger partial charge in [0.1, 0.15) is 0 Å². The zero-order valence-electron chi connectivity index (χ0n) is 9.73. The molecule has 0 aliphatic carbocycles. The Labute approximate surface area is 105 Å². The van der Waals surface area contributed by atoms with Gasteiger partial charge in [0, 0.05) is 23.6 Å². The van der Waals surface area contributed by atoms with Gasteiger partial charge >= 0.3 is 5.37 Å². The monoisotopic (exact) mass is 270 g/mol. The smallest absolute Gasteiger partial charge is 0.263 e. The topological polar surface area (TPSA) is 80.5 Å². The van der Waals surface area contributed by atoms with E-state index in [4.69, 9.17) is 0 Å². The Hall–Kier alpha value is -1.47. The fourth-order valence-electron chi connectivity index (χ4n) is 2.10. The van der Waals surface area contributed by atoms with Gasteiger partial charge in [0.25, 0.3) is 10.0 Å². The lowest BCUT2D eigenvalue weighted by atomic mass is 10.2. The molecule has 0 N–H and O–H groups in total. The summed E-state index contributed by atoms with van der Waals surface area (Å²) in [6.07, 6.45) is 1.52. The van der Waals surface area contributed by atoms with Gasteiger partial charge in [-0.2, -0.15) is 4.31 Å². The van der Waals surface area contributed by atoms with Crippen molar-refractivity contribution in [2.75, 3.05) is 13.1 Å². The van der Waals surface area contributed by atoms with Crippen LogP contribution >= 0.6 is 0 Å². The van der Waals surface area contributed by atoms with Gasteiger partial charge in [-0.05, 0) is 12.8 Å². The summed E-state index contributed by atoms with van der Waals surface area (Å²) < 4.78 is 25.7. The van der Waals surface area contributed by atoms with Crippen LogP contribution < -0.4 is 0 Å². The molecule has 1 aromatic carbocycles. The molecule has 0 bridgehead atoms. The van der Waals surface area contributed by atoms with Crippen LogP contribution in [0.3, 0.4) is 0 Å². The van der Waals surface area contributed by atoms with Crippen molar-refractivity contribution in [3.8, 4) is 0 Å². The summed E-state index contributed by atoms with van der Waals surface area (Å²) in [6.45, 7) is 0.749. The van der Waals surface area contributed by atoms with E-state index in [1.165, 1.54) is 16.4 Å². The minimum absolute atomic E-state index is 0.203. The normalized spacial score (nSPS) is 18.7. The molecule has 2 rings (SSSR count). The van der Waals surface area contributed by atoms with Crippen LogP contribution in [-0.4, -0.2) is 30.7 Å². The molecule has 0 saturated carbocycles. The second-order valence-corrected chi connectivity index (χ2v) is 6.19. The molecule has 1 atom stereocenters. The Balaban J connectivity index is 2.39. The van der Waals surface area contributed by atoms with E-state index in [0.717, 1.165) is 12.8 Å². The third-order valence-corrected chi connectivity index (χ3v) is 5.08. The first-order valence-electron chi connectivity index (χ1n) is 5.71.